The summed E-state index contributed by atoms with van der Waals surface area (Å²) in [6, 6.07) is 13.1. The Morgan fingerprint density at radius 2 is 1.56 bits per heavy atom. The van der Waals surface area contributed by atoms with Crippen molar-refractivity contribution in [3.63, 3.8) is 0 Å². The zero-order valence-corrected chi connectivity index (χ0v) is 27.1. The summed E-state index contributed by atoms with van der Waals surface area (Å²) in [6.07, 6.45) is 10.5. The Morgan fingerprint density at radius 1 is 0.878 bits per heavy atom. The number of Topliss-reactive ketones (excluding diaryl/α,β-unsaturated/α-hetero) is 2. The van der Waals surface area contributed by atoms with Gasteiger partial charge in [-0.05, 0) is 102 Å². The van der Waals surface area contributed by atoms with Crippen LogP contribution in [-0.4, -0.2) is 17.3 Å². The minimum Gasteiger partial charge on any atom is -0.299 e. The standard InChI is InChI=1S/C37H49NO2S/c1-32(2)15-17-37(23-41-25-11-9-8-10-12-25)18-16-36(7)30(26(37)21-32)27(39)19-29-34(5)20-24(22-38)31(40)33(3,4)28(34)13-14-35(29,36)6/h8-12,20,26,28-30H,13-19,21,23H2,1-7H3/t26?,28-,29+,30?,34?,35?,36+,37?/m0/s1. The molecule has 0 spiro atoms. The fourth-order valence-electron chi connectivity index (χ4n) is 11.4. The van der Waals surface area contributed by atoms with Gasteiger partial charge in [0.1, 0.15) is 11.9 Å². The van der Waals surface area contributed by atoms with Crippen molar-refractivity contribution in [2.24, 2.45) is 56.2 Å². The van der Waals surface area contributed by atoms with Gasteiger partial charge in [0.15, 0.2) is 5.78 Å². The quantitative estimate of drug-likeness (QED) is 0.340. The van der Waals surface area contributed by atoms with Crippen molar-refractivity contribution in [2.75, 3.05) is 5.75 Å². The van der Waals surface area contributed by atoms with E-state index in [4.69, 9.17) is 0 Å². The normalized spacial score (nSPS) is 44.4. The number of benzene rings is 1. The number of nitriles is 1. The van der Waals surface area contributed by atoms with Gasteiger partial charge in [-0.25, -0.2) is 0 Å². The maximum Gasteiger partial charge on any atom is 0.178 e. The van der Waals surface area contributed by atoms with E-state index >= 15 is 0 Å². The van der Waals surface area contributed by atoms with Crippen LogP contribution < -0.4 is 0 Å². The Kier molecular flexibility index (Phi) is 6.64. The molecule has 0 heterocycles. The van der Waals surface area contributed by atoms with Crippen molar-refractivity contribution >= 4 is 23.3 Å². The molecule has 5 aliphatic carbocycles. The molecular formula is C37H49NO2S. The number of rotatable bonds is 3. The lowest BCUT2D eigenvalue weighted by Crippen LogP contribution is -2.68. The first-order valence-corrected chi connectivity index (χ1v) is 17.0. The Hall–Kier alpha value is -1.86. The lowest BCUT2D eigenvalue weighted by Gasteiger charge is -2.72. The van der Waals surface area contributed by atoms with Crippen LogP contribution in [0, 0.1) is 67.5 Å². The highest BCUT2D eigenvalue weighted by Crippen LogP contribution is 2.76. The number of hydrogen-bond donors (Lipinski definition) is 0. The van der Waals surface area contributed by atoms with Gasteiger partial charge < -0.3 is 0 Å². The highest BCUT2D eigenvalue weighted by molar-refractivity contribution is 7.99. The Morgan fingerprint density at radius 3 is 2.24 bits per heavy atom. The van der Waals surface area contributed by atoms with E-state index in [0.29, 0.717) is 23.7 Å². The Labute approximate surface area is 252 Å². The molecule has 4 saturated carbocycles. The van der Waals surface area contributed by atoms with E-state index in [0.717, 1.165) is 31.4 Å². The number of ketones is 2. The highest BCUT2D eigenvalue weighted by atomic mass is 32.2. The first-order valence-electron chi connectivity index (χ1n) is 16.0. The second-order valence-corrected chi connectivity index (χ2v) is 17.7. The molecule has 41 heavy (non-hydrogen) atoms. The predicted molar refractivity (Wildman–Crippen MR) is 166 cm³/mol. The fourth-order valence-corrected chi connectivity index (χ4v) is 12.7. The molecule has 4 heteroatoms. The zero-order chi connectivity index (χ0) is 29.6. The molecular weight excluding hydrogens is 522 g/mol. The SMILES string of the molecule is CC1(C)CCC2(CSc3ccccc3)CC[C@]3(C)C(C(=O)C[C@@H]4C5(C)C=C(C#N)C(=O)C(C)(C)[C@@H]5CCC43C)C2C1. The highest BCUT2D eigenvalue weighted by Gasteiger charge is 2.72. The molecule has 6 rings (SSSR count). The van der Waals surface area contributed by atoms with Crippen molar-refractivity contribution < 1.29 is 9.59 Å². The van der Waals surface area contributed by atoms with Gasteiger partial charge in [0.25, 0.3) is 0 Å². The van der Waals surface area contributed by atoms with Crippen LogP contribution in [-0.2, 0) is 9.59 Å². The predicted octanol–water partition coefficient (Wildman–Crippen LogP) is 9.08. The van der Waals surface area contributed by atoms with Crippen molar-refractivity contribution in [3.8, 4) is 6.07 Å². The van der Waals surface area contributed by atoms with Crippen LogP contribution in [0.25, 0.3) is 0 Å². The molecule has 1 aromatic rings. The number of carbonyl (C=O) groups is 2. The van der Waals surface area contributed by atoms with Crippen LogP contribution in [0.5, 0.6) is 0 Å². The van der Waals surface area contributed by atoms with Crippen LogP contribution in [0.3, 0.4) is 0 Å². The third-order valence-electron chi connectivity index (χ3n) is 13.9. The second-order valence-electron chi connectivity index (χ2n) is 16.7. The minimum absolute atomic E-state index is 0.00924. The number of nitrogens with zero attached hydrogens (tertiary/aromatic N) is 1. The van der Waals surface area contributed by atoms with E-state index in [1.807, 2.05) is 31.7 Å². The minimum atomic E-state index is -0.583. The van der Waals surface area contributed by atoms with E-state index < -0.39 is 5.41 Å². The largest absolute Gasteiger partial charge is 0.299 e. The number of carbonyl (C=O) groups excluding carboxylic acids is 2. The number of fused-ring (bicyclic) bond motifs is 7. The molecule has 1 aromatic carbocycles. The molecule has 0 saturated heterocycles. The lowest BCUT2D eigenvalue weighted by molar-refractivity contribution is -0.220. The van der Waals surface area contributed by atoms with Crippen molar-refractivity contribution in [3.05, 3.63) is 42.0 Å². The summed E-state index contributed by atoms with van der Waals surface area (Å²) in [6.45, 7) is 16.2. The lowest BCUT2D eigenvalue weighted by atomic mass is 9.31. The summed E-state index contributed by atoms with van der Waals surface area (Å²) < 4.78 is 0. The number of allylic oxidation sites excluding steroid dienone is 2. The average molecular weight is 572 g/mol. The van der Waals surface area contributed by atoms with Gasteiger partial charge in [-0.3, -0.25) is 9.59 Å². The molecule has 0 radical (unpaired) electrons. The molecule has 5 unspecified atom stereocenters. The van der Waals surface area contributed by atoms with Gasteiger partial charge in [0.05, 0.1) is 5.57 Å². The molecule has 0 bridgehead atoms. The summed E-state index contributed by atoms with van der Waals surface area (Å²) in [7, 11) is 0. The van der Waals surface area contributed by atoms with Gasteiger partial charge in [-0.1, -0.05) is 72.7 Å². The van der Waals surface area contributed by atoms with E-state index in [2.05, 4.69) is 71.0 Å². The van der Waals surface area contributed by atoms with Crippen LogP contribution >= 0.6 is 11.8 Å². The third-order valence-corrected chi connectivity index (χ3v) is 15.2. The Balaban J connectivity index is 1.41. The molecule has 0 amide bonds. The third kappa shape index (κ3) is 4.03. The maximum atomic E-state index is 14.7. The molecule has 0 aliphatic heterocycles. The van der Waals surface area contributed by atoms with Crippen molar-refractivity contribution in [2.45, 2.75) is 105 Å². The molecule has 3 nitrogen and oxygen atoms in total. The monoisotopic (exact) mass is 571 g/mol. The van der Waals surface area contributed by atoms with E-state index in [1.165, 1.54) is 24.2 Å². The van der Waals surface area contributed by atoms with Gasteiger partial charge in [-0.2, -0.15) is 5.26 Å². The summed E-state index contributed by atoms with van der Waals surface area (Å²) in [5, 5.41) is 9.98. The topological polar surface area (TPSA) is 57.9 Å². The Bertz CT molecular complexity index is 1340. The molecule has 0 aromatic heterocycles. The molecule has 5 aliphatic rings. The molecule has 8 atom stereocenters. The van der Waals surface area contributed by atoms with Crippen LogP contribution in [0.2, 0.25) is 0 Å². The average Bonchev–Trinajstić information content (AvgIpc) is 2.92. The molecule has 4 fully saturated rings. The first-order chi connectivity index (χ1) is 19.1. The zero-order valence-electron chi connectivity index (χ0n) is 26.3. The number of thioether (sulfide) groups is 1. The summed E-state index contributed by atoms with van der Waals surface area (Å²) in [4.78, 5) is 29.4. The molecule has 0 N–H and O–H groups in total. The van der Waals surface area contributed by atoms with Gasteiger partial charge in [-0.15, -0.1) is 11.8 Å². The van der Waals surface area contributed by atoms with E-state index in [9.17, 15) is 14.9 Å². The first kappa shape index (κ1) is 29.2. The van der Waals surface area contributed by atoms with Crippen molar-refractivity contribution in [1.82, 2.24) is 0 Å². The maximum absolute atomic E-state index is 14.7. The molecule has 220 valence electrons. The van der Waals surface area contributed by atoms with Crippen LogP contribution in [0.4, 0.5) is 0 Å². The van der Waals surface area contributed by atoms with Crippen LogP contribution in [0.1, 0.15) is 99.8 Å². The van der Waals surface area contributed by atoms with Crippen LogP contribution in [0.15, 0.2) is 46.9 Å². The van der Waals surface area contributed by atoms with E-state index in [1.54, 1.807) is 0 Å². The van der Waals surface area contributed by atoms with Gasteiger partial charge in [0.2, 0.25) is 0 Å². The summed E-state index contributed by atoms with van der Waals surface area (Å²) in [5.74, 6) is 2.36. The van der Waals surface area contributed by atoms with Gasteiger partial charge >= 0.3 is 0 Å². The van der Waals surface area contributed by atoms with E-state index in [-0.39, 0.29) is 50.6 Å². The summed E-state index contributed by atoms with van der Waals surface area (Å²) >= 11 is 2.00. The number of hydrogen-bond acceptors (Lipinski definition) is 4. The fraction of sp³-hybridized carbons (Fsp3) is 0.703. The van der Waals surface area contributed by atoms with Crippen molar-refractivity contribution in [1.29, 1.82) is 5.26 Å². The van der Waals surface area contributed by atoms with Gasteiger partial charge in [0, 0.05) is 28.4 Å². The summed E-state index contributed by atoms with van der Waals surface area (Å²) in [5.41, 5.74) is -0.232. The second kappa shape index (κ2) is 9.32. The smallest absolute Gasteiger partial charge is 0.178 e.